The molecule has 1 saturated heterocycles. The SMILES string of the molecule is N#CC1(c2cccc(Sc3ccc4c(-c5ccccc5)cc5nnc(C(F)(F)F)n5c4c3)c2)CCOCC1. The number of nitriles is 1. The second-order valence-electron chi connectivity index (χ2n) is 9.25. The van der Waals surface area contributed by atoms with Crippen molar-refractivity contribution in [3.8, 4) is 17.2 Å². The molecule has 5 nitrogen and oxygen atoms in total. The highest BCUT2D eigenvalue weighted by Gasteiger charge is 2.38. The Morgan fingerprint density at radius 1 is 0.895 bits per heavy atom. The number of halogens is 3. The van der Waals surface area contributed by atoms with Crippen molar-refractivity contribution in [3.05, 3.63) is 90.3 Å². The van der Waals surface area contributed by atoms with Gasteiger partial charge in [-0.1, -0.05) is 60.3 Å². The average molecular weight is 531 g/mol. The minimum Gasteiger partial charge on any atom is -0.381 e. The molecule has 3 aromatic carbocycles. The van der Waals surface area contributed by atoms with Gasteiger partial charge < -0.3 is 4.74 Å². The minimum atomic E-state index is -4.66. The quantitative estimate of drug-likeness (QED) is 0.244. The molecule has 0 aliphatic carbocycles. The Labute approximate surface area is 220 Å². The van der Waals surface area contributed by atoms with Gasteiger partial charge in [-0.05, 0) is 59.9 Å². The third kappa shape index (κ3) is 4.30. The van der Waals surface area contributed by atoms with Crippen LogP contribution in [0.1, 0.15) is 24.2 Å². The largest absolute Gasteiger partial charge is 0.452 e. The van der Waals surface area contributed by atoms with Crippen LogP contribution in [0.15, 0.2) is 88.7 Å². The lowest BCUT2D eigenvalue weighted by atomic mass is 9.75. The molecule has 0 saturated carbocycles. The van der Waals surface area contributed by atoms with Gasteiger partial charge in [-0.3, -0.25) is 4.40 Å². The number of hydrogen-bond acceptors (Lipinski definition) is 5. The monoisotopic (exact) mass is 530 g/mol. The zero-order valence-corrected chi connectivity index (χ0v) is 20.9. The molecule has 190 valence electrons. The van der Waals surface area contributed by atoms with Crippen LogP contribution in [0.3, 0.4) is 0 Å². The highest BCUT2D eigenvalue weighted by molar-refractivity contribution is 7.99. The smallest absolute Gasteiger partial charge is 0.381 e. The molecular formula is C29H21F3N4OS. The molecule has 1 fully saturated rings. The normalized spacial score (nSPS) is 15.5. The summed E-state index contributed by atoms with van der Waals surface area (Å²) < 4.78 is 48.2. The Bertz CT molecular complexity index is 1690. The minimum absolute atomic E-state index is 0.128. The summed E-state index contributed by atoms with van der Waals surface area (Å²) in [6.45, 7) is 1.08. The summed E-state index contributed by atoms with van der Waals surface area (Å²) >= 11 is 1.44. The van der Waals surface area contributed by atoms with Gasteiger partial charge in [0.05, 0.1) is 17.0 Å². The van der Waals surface area contributed by atoms with Crippen LogP contribution in [-0.2, 0) is 16.3 Å². The van der Waals surface area contributed by atoms with Crippen molar-refractivity contribution in [2.24, 2.45) is 0 Å². The fourth-order valence-electron chi connectivity index (χ4n) is 5.04. The van der Waals surface area contributed by atoms with Crippen molar-refractivity contribution >= 4 is 28.3 Å². The Morgan fingerprint density at radius 3 is 2.39 bits per heavy atom. The van der Waals surface area contributed by atoms with Crippen molar-refractivity contribution in [1.29, 1.82) is 5.26 Å². The first-order chi connectivity index (χ1) is 18.4. The number of hydrogen-bond donors (Lipinski definition) is 0. The fraction of sp³-hybridized carbons (Fsp3) is 0.207. The van der Waals surface area contributed by atoms with Gasteiger partial charge in [-0.2, -0.15) is 18.4 Å². The van der Waals surface area contributed by atoms with E-state index >= 15 is 0 Å². The Kier molecular flexibility index (Phi) is 6.09. The number of nitrogens with zero attached hydrogens (tertiary/aromatic N) is 4. The molecule has 0 amide bonds. The van der Waals surface area contributed by atoms with Gasteiger partial charge in [0.2, 0.25) is 5.82 Å². The number of benzene rings is 3. The Morgan fingerprint density at radius 2 is 1.66 bits per heavy atom. The summed E-state index contributed by atoms with van der Waals surface area (Å²) in [4.78, 5) is 1.67. The van der Waals surface area contributed by atoms with Crippen LogP contribution in [0.2, 0.25) is 0 Å². The van der Waals surface area contributed by atoms with Crippen LogP contribution in [0, 0.1) is 11.3 Å². The zero-order valence-electron chi connectivity index (χ0n) is 20.1. The van der Waals surface area contributed by atoms with E-state index in [0.717, 1.165) is 30.9 Å². The summed E-state index contributed by atoms with van der Waals surface area (Å²) in [7, 11) is 0. The average Bonchev–Trinajstić information content (AvgIpc) is 3.39. The highest BCUT2D eigenvalue weighted by Crippen LogP contribution is 2.40. The fourth-order valence-corrected chi connectivity index (χ4v) is 5.95. The van der Waals surface area contributed by atoms with Crippen molar-refractivity contribution in [1.82, 2.24) is 14.6 Å². The van der Waals surface area contributed by atoms with E-state index in [1.54, 1.807) is 12.1 Å². The summed E-state index contributed by atoms with van der Waals surface area (Å²) in [6, 6.07) is 27.0. The second kappa shape index (κ2) is 9.46. The maximum atomic E-state index is 13.9. The third-order valence-electron chi connectivity index (χ3n) is 6.98. The molecule has 3 heterocycles. The van der Waals surface area contributed by atoms with Gasteiger partial charge in [0, 0.05) is 28.4 Å². The highest BCUT2D eigenvalue weighted by atomic mass is 32.2. The topological polar surface area (TPSA) is 63.2 Å². The molecule has 9 heteroatoms. The molecule has 0 radical (unpaired) electrons. The Balaban J connectivity index is 1.48. The number of fused-ring (bicyclic) bond motifs is 3. The van der Waals surface area contributed by atoms with E-state index in [4.69, 9.17) is 4.74 Å². The Hall–Kier alpha value is -3.87. The van der Waals surface area contributed by atoms with Crippen LogP contribution in [0.4, 0.5) is 13.2 Å². The molecule has 5 aromatic rings. The molecular weight excluding hydrogens is 509 g/mol. The van der Waals surface area contributed by atoms with Crippen LogP contribution in [0.25, 0.3) is 27.7 Å². The maximum Gasteiger partial charge on any atom is 0.452 e. The van der Waals surface area contributed by atoms with Crippen LogP contribution >= 0.6 is 11.8 Å². The number of pyridine rings is 1. The van der Waals surface area contributed by atoms with E-state index in [9.17, 15) is 18.4 Å². The van der Waals surface area contributed by atoms with Gasteiger partial charge in [-0.15, -0.1) is 10.2 Å². The molecule has 0 spiro atoms. The van der Waals surface area contributed by atoms with Gasteiger partial charge >= 0.3 is 6.18 Å². The predicted molar refractivity (Wildman–Crippen MR) is 139 cm³/mol. The van der Waals surface area contributed by atoms with E-state index in [1.165, 1.54) is 11.8 Å². The summed E-state index contributed by atoms with van der Waals surface area (Å²) in [5.41, 5.74) is 2.49. The molecule has 6 rings (SSSR count). The first-order valence-electron chi connectivity index (χ1n) is 12.1. The van der Waals surface area contributed by atoms with Gasteiger partial charge in [-0.25, -0.2) is 0 Å². The van der Waals surface area contributed by atoms with Crippen LogP contribution in [-0.4, -0.2) is 27.8 Å². The molecule has 0 N–H and O–H groups in total. The predicted octanol–water partition coefficient (Wildman–Crippen LogP) is 7.29. The standard InChI is InChI=1S/C29H21F3N4OS/c30-29(31,32)27-35-34-26-17-24(19-5-2-1-3-6-19)23-10-9-22(16-25(23)36(26)27)38-21-8-4-7-20(15-21)28(18-33)11-13-37-14-12-28/h1-10,15-17H,11-14H2. The van der Waals surface area contributed by atoms with Gasteiger partial charge in [0.15, 0.2) is 5.65 Å². The first kappa shape index (κ1) is 24.5. The van der Waals surface area contributed by atoms with Gasteiger partial charge in [0.1, 0.15) is 0 Å². The molecule has 0 atom stereocenters. The number of aromatic nitrogens is 3. The summed E-state index contributed by atoms with van der Waals surface area (Å²) in [6.07, 6.45) is -3.41. The molecule has 38 heavy (non-hydrogen) atoms. The summed E-state index contributed by atoms with van der Waals surface area (Å²) in [5, 5.41) is 18.0. The number of alkyl halides is 3. The van der Waals surface area contributed by atoms with E-state index < -0.39 is 17.4 Å². The van der Waals surface area contributed by atoms with Crippen LogP contribution < -0.4 is 0 Å². The lowest BCUT2D eigenvalue weighted by Gasteiger charge is -2.31. The molecule has 2 aromatic heterocycles. The maximum absolute atomic E-state index is 13.9. The first-order valence-corrected chi connectivity index (χ1v) is 12.9. The van der Waals surface area contributed by atoms with E-state index in [-0.39, 0.29) is 5.65 Å². The third-order valence-corrected chi connectivity index (χ3v) is 7.96. The lowest BCUT2D eigenvalue weighted by molar-refractivity contribution is -0.145. The summed E-state index contributed by atoms with van der Waals surface area (Å²) in [5.74, 6) is -1.06. The molecule has 0 bridgehead atoms. The molecule has 1 aliphatic rings. The zero-order chi connectivity index (χ0) is 26.3. The van der Waals surface area contributed by atoms with Crippen molar-refractivity contribution in [3.63, 3.8) is 0 Å². The van der Waals surface area contributed by atoms with Crippen LogP contribution in [0.5, 0.6) is 0 Å². The number of ether oxygens (including phenoxy) is 1. The van der Waals surface area contributed by atoms with E-state index in [0.29, 0.717) is 37.0 Å². The van der Waals surface area contributed by atoms with E-state index in [2.05, 4.69) is 16.3 Å². The molecule has 0 unspecified atom stereocenters. The van der Waals surface area contributed by atoms with E-state index in [1.807, 2.05) is 66.7 Å². The molecule has 1 aliphatic heterocycles. The van der Waals surface area contributed by atoms with Gasteiger partial charge in [0.25, 0.3) is 0 Å². The number of rotatable bonds is 4. The van der Waals surface area contributed by atoms with Crippen molar-refractivity contribution in [2.45, 2.75) is 34.2 Å². The second-order valence-corrected chi connectivity index (χ2v) is 10.4. The lowest BCUT2D eigenvalue weighted by Crippen LogP contribution is -2.32. The van der Waals surface area contributed by atoms with Crippen molar-refractivity contribution in [2.75, 3.05) is 13.2 Å². The van der Waals surface area contributed by atoms with Crippen molar-refractivity contribution < 1.29 is 17.9 Å².